The van der Waals surface area contributed by atoms with Crippen molar-refractivity contribution in [3.8, 4) is 0 Å². The second-order valence-corrected chi connectivity index (χ2v) is 10.4. The Morgan fingerprint density at radius 2 is 1.46 bits per heavy atom. The molecule has 0 N–H and O–H groups in total. The molecule has 0 radical (unpaired) electrons. The van der Waals surface area contributed by atoms with Crippen molar-refractivity contribution in [2.24, 2.45) is 0 Å². The van der Waals surface area contributed by atoms with E-state index in [4.69, 9.17) is 23.2 Å². The highest BCUT2D eigenvalue weighted by Gasteiger charge is 2.44. The highest BCUT2D eigenvalue weighted by atomic mass is 35.5. The molecule has 1 aliphatic rings. The van der Waals surface area contributed by atoms with Gasteiger partial charge in [0.05, 0.1) is 15.2 Å². The van der Waals surface area contributed by atoms with Gasteiger partial charge >= 0.3 is 0 Å². The van der Waals surface area contributed by atoms with E-state index in [9.17, 15) is 16.8 Å². The second kappa shape index (κ2) is 6.31. The smallest absolute Gasteiger partial charge is 0.223 e. The Bertz CT molecular complexity index is 967. The summed E-state index contributed by atoms with van der Waals surface area (Å²) >= 11 is 11.7. The third kappa shape index (κ3) is 3.07. The van der Waals surface area contributed by atoms with E-state index in [1.807, 2.05) is 0 Å². The van der Waals surface area contributed by atoms with Gasteiger partial charge in [0.25, 0.3) is 0 Å². The van der Waals surface area contributed by atoms with E-state index in [-0.39, 0.29) is 27.9 Å². The molecular weight excluding hydrogens is 393 g/mol. The van der Waals surface area contributed by atoms with Crippen LogP contribution >= 0.6 is 23.2 Å². The monoisotopic (exact) mass is 405 g/mol. The van der Waals surface area contributed by atoms with Gasteiger partial charge < -0.3 is 0 Å². The Kier molecular flexibility index (Phi) is 4.65. The van der Waals surface area contributed by atoms with Crippen LogP contribution in [0.15, 0.2) is 58.3 Å². The molecule has 5 nitrogen and oxygen atoms in total. The molecule has 0 atom stereocenters. The third-order valence-corrected chi connectivity index (χ3v) is 8.54. The lowest BCUT2D eigenvalue weighted by atomic mass is 10.3. The Morgan fingerprint density at radius 3 is 2.04 bits per heavy atom. The van der Waals surface area contributed by atoms with E-state index >= 15 is 0 Å². The minimum atomic E-state index is -3.80. The van der Waals surface area contributed by atoms with Gasteiger partial charge in [-0.05, 0) is 36.4 Å². The Labute approximate surface area is 150 Å². The highest BCUT2D eigenvalue weighted by Crippen LogP contribution is 2.31. The highest BCUT2D eigenvalue weighted by molar-refractivity contribution is 7.92. The van der Waals surface area contributed by atoms with Gasteiger partial charge in [-0.15, -0.1) is 0 Å². The van der Waals surface area contributed by atoms with Crippen molar-refractivity contribution < 1.29 is 16.8 Å². The lowest BCUT2D eigenvalue weighted by Gasteiger charge is -2.37. The first-order valence-corrected chi connectivity index (χ1v) is 10.7. The lowest BCUT2D eigenvalue weighted by Crippen LogP contribution is -2.56. The molecule has 0 unspecified atom stereocenters. The van der Waals surface area contributed by atoms with Crippen LogP contribution in [0.5, 0.6) is 0 Å². The van der Waals surface area contributed by atoms with E-state index in [0.29, 0.717) is 5.02 Å². The van der Waals surface area contributed by atoms with Crippen molar-refractivity contribution in [1.82, 2.24) is 4.31 Å². The molecule has 0 aliphatic carbocycles. The van der Waals surface area contributed by atoms with Crippen molar-refractivity contribution in [3.05, 3.63) is 58.6 Å². The maximum Gasteiger partial charge on any atom is 0.244 e. The zero-order valence-corrected chi connectivity index (χ0v) is 15.4. The molecule has 128 valence electrons. The molecule has 9 heteroatoms. The van der Waals surface area contributed by atoms with Crippen LogP contribution in [-0.4, -0.2) is 39.5 Å². The largest absolute Gasteiger partial charge is 0.244 e. The summed E-state index contributed by atoms with van der Waals surface area (Å²) in [5, 5.41) is -0.233. The molecule has 1 heterocycles. The van der Waals surface area contributed by atoms with Gasteiger partial charge in [0.1, 0.15) is 4.90 Å². The molecule has 1 aliphatic heterocycles. The average Bonchev–Trinajstić information content (AvgIpc) is 2.45. The lowest BCUT2D eigenvalue weighted by molar-refractivity contribution is 0.309. The van der Waals surface area contributed by atoms with E-state index < -0.39 is 25.1 Å². The number of hydrogen-bond donors (Lipinski definition) is 0. The van der Waals surface area contributed by atoms with Crippen molar-refractivity contribution in [2.45, 2.75) is 15.0 Å². The maximum absolute atomic E-state index is 12.5. The molecule has 3 rings (SSSR count). The van der Waals surface area contributed by atoms with Gasteiger partial charge in [-0.2, -0.15) is 4.31 Å². The first kappa shape index (κ1) is 17.7. The quantitative estimate of drug-likeness (QED) is 0.783. The first-order valence-electron chi connectivity index (χ1n) is 6.97. The van der Waals surface area contributed by atoms with Crippen LogP contribution in [0.1, 0.15) is 0 Å². The Balaban J connectivity index is 1.80. The molecule has 1 fully saturated rings. The zero-order valence-electron chi connectivity index (χ0n) is 12.3. The number of halogens is 2. The molecule has 0 saturated carbocycles. The van der Waals surface area contributed by atoms with Gasteiger partial charge in [-0.25, -0.2) is 16.8 Å². The minimum Gasteiger partial charge on any atom is -0.223 e. The van der Waals surface area contributed by atoms with Crippen LogP contribution in [0, 0.1) is 0 Å². The van der Waals surface area contributed by atoms with Crippen molar-refractivity contribution in [1.29, 1.82) is 0 Å². The molecule has 2 aromatic carbocycles. The molecule has 24 heavy (non-hydrogen) atoms. The third-order valence-electron chi connectivity index (χ3n) is 3.85. The molecule has 0 bridgehead atoms. The summed E-state index contributed by atoms with van der Waals surface area (Å²) in [6, 6.07) is 11.9. The molecule has 0 spiro atoms. The summed E-state index contributed by atoms with van der Waals surface area (Å²) in [6.07, 6.45) is 0. The first-order chi connectivity index (χ1) is 11.2. The number of benzene rings is 2. The molecule has 2 aromatic rings. The van der Waals surface area contributed by atoms with E-state index in [1.54, 1.807) is 12.1 Å². The predicted molar refractivity (Wildman–Crippen MR) is 92.6 cm³/mol. The summed E-state index contributed by atoms with van der Waals surface area (Å²) in [5.41, 5.74) is 0. The fourth-order valence-electron chi connectivity index (χ4n) is 2.40. The van der Waals surface area contributed by atoms with Crippen LogP contribution in [0.4, 0.5) is 0 Å². The van der Waals surface area contributed by atoms with Gasteiger partial charge in [0.15, 0.2) is 9.84 Å². The average molecular weight is 406 g/mol. The summed E-state index contributed by atoms with van der Waals surface area (Å²) < 4.78 is 51.2. The van der Waals surface area contributed by atoms with E-state index in [1.165, 1.54) is 36.4 Å². The SMILES string of the molecule is O=S(=O)(c1ccc(Cl)cc1)C1CN(S(=O)(=O)c2ccccc2Cl)C1. The second-order valence-electron chi connectivity index (χ2n) is 5.37. The predicted octanol–water partition coefficient (Wildman–Crippen LogP) is 2.84. The number of hydrogen-bond acceptors (Lipinski definition) is 4. The van der Waals surface area contributed by atoms with Crippen LogP contribution in [0.3, 0.4) is 0 Å². The summed E-state index contributed by atoms with van der Waals surface area (Å²) in [4.78, 5) is 0.112. The van der Waals surface area contributed by atoms with Crippen molar-refractivity contribution in [3.63, 3.8) is 0 Å². The summed E-state index contributed by atoms with van der Waals surface area (Å²) in [6.45, 7) is -0.197. The van der Waals surface area contributed by atoms with Crippen LogP contribution in [-0.2, 0) is 19.9 Å². The Hall–Kier alpha value is -1.12. The fraction of sp³-hybridized carbons (Fsp3) is 0.200. The summed E-state index contributed by atoms with van der Waals surface area (Å²) in [7, 11) is -7.40. The van der Waals surface area contributed by atoms with E-state index in [0.717, 1.165) is 4.31 Å². The normalized spacial score (nSPS) is 16.8. The number of sulfonamides is 1. The molecule has 0 amide bonds. The standard InChI is InChI=1S/C15H13Cl2NO4S2/c16-11-5-7-12(8-6-11)23(19,20)13-9-18(10-13)24(21,22)15-4-2-1-3-14(15)17/h1-8,13H,9-10H2. The van der Waals surface area contributed by atoms with Gasteiger partial charge in [-0.1, -0.05) is 35.3 Å². The maximum atomic E-state index is 12.5. The molecule has 0 aromatic heterocycles. The van der Waals surface area contributed by atoms with E-state index in [2.05, 4.69) is 0 Å². The molecular formula is C15H13Cl2NO4S2. The van der Waals surface area contributed by atoms with Crippen LogP contribution < -0.4 is 0 Å². The van der Waals surface area contributed by atoms with Crippen molar-refractivity contribution >= 4 is 43.1 Å². The fourth-order valence-corrected chi connectivity index (χ4v) is 6.39. The minimum absolute atomic E-state index is 0.0194. The topological polar surface area (TPSA) is 71.5 Å². The number of rotatable bonds is 4. The molecule has 1 saturated heterocycles. The van der Waals surface area contributed by atoms with Crippen LogP contribution in [0.25, 0.3) is 0 Å². The van der Waals surface area contributed by atoms with Gasteiger partial charge in [-0.3, -0.25) is 0 Å². The number of sulfone groups is 1. The Morgan fingerprint density at radius 1 is 0.875 bits per heavy atom. The van der Waals surface area contributed by atoms with Crippen LogP contribution in [0.2, 0.25) is 10.0 Å². The van der Waals surface area contributed by atoms with Gasteiger partial charge in [0.2, 0.25) is 10.0 Å². The van der Waals surface area contributed by atoms with Gasteiger partial charge in [0, 0.05) is 18.1 Å². The zero-order chi connectivity index (χ0) is 17.5. The number of nitrogens with zero attached hydrogens (tertiary/aromatic N) is 1. The van der Waals surface area contributed by atoms with Crippen molar-refractivity contribution in [2.75, 3.05) is 13.1 Å². The summed E-state index contributed by atoms with van der Waals surface area (Å²) in [5.74, 6) is 0.